The second kappa shape index (κ2) is 3.19. The van der Waals surface area contributed by atoms with Crippen molar-refractivity contribution in [3.63, 3.8) is 0 Å². The highest BCUT2D eigenvalue weighted by Crippen LogP contribution is 2.09. The highest BCUT2D eigenvalue weighted by Gasteiger charge is 2.08. The van der Waals surface area contributed by atoms with Crippen molar-refractivity contribution in [1.29, 1.82) is 0 Å². The summed E-state index contributed by atoms with van der Waals surface area (Å²) in [6.45, 7) is 1.73. The molecule has 7 nitrogen and oxygen atoms in total. The topological polar surface area (TPSA) is 96.4 Å². The molecule has 0 aliphatic heterocycles. The Labute approximate surface area is 83.8 Å². The lowest BCUT2D eigenvalue weighted by Gasteiger charge is -1.97. The fourth-order valence-electron chi connectivity index (χ4n) is 1.34. The number of hydrogen-bond acceptors (Lipinski definition) is 4. The molecule has 0 fully saturated rings. The van der Waals surface area contributed by atoms with Gasteiger partial charge in [0.05, 0.1) is 5.69 Å². The van der Waals surface area contributed by atoms with Gasteiger partial charge < -0.3 is 4.98 Å². The predicted molar refractivity (Wildman–Crippen MR) is 52.4 cm³/mol. The summed E-state index contributed by atoms with van der Waals surface area (Å²) in [6.07, 6.45) is 0. The number of nitrogens with one attached hydrogen (secondary N) is 2. The second-order valence-corrected chi connectivity index (χ2v) is 3.11. The third kappa shape index (κ3) is 1.71. The van der Waals surface area contributed by atoms with Gasteiger partial charge in [-0.25, -0.2) is 14.5 Å². The predicted octanol–water partition coefficient (Wildman–Crippen LogP) is -0.833. The molecule has 7 heteroatoms. The molecule has 2 aromatic rings. The van der Waals surface area contributed by atoms with Crippen LogP contribution < -0.4 is 11.2 Å². The molecular weight excluding hydrogens is 198 g/mol. The number of aromatic nitrogens is 5. The third-order valence-electron chi connectivity index (χ3n) is 1.87. The maximum atomic E-state index is 11.1. The first-order valence-corrected chi connectivity index (χ1v) is 4.28. The molecule has 2 N–H and O–H groups in total. The molecule has 0 aliphatic carbocycles. The Bertz CT molecular complexity index is 578. The molecule has 0 atom stereocenters. The zero-order valence-corrected chi connectivity index (χ0v) is 8.24. The molecule has 0 saturated heterocycles. The molecule has 2 heterocycles. The van der Waals surface area contributed by atoms with Crippen molar-refractivity contribution < 1.29 is 0 Å². The van der Waals surface area contributed by atoms with Crippen molar-refractivity contribution >= 4 is 0 Å². The van der Waals surface area contributed by atoms with Gasteiger partial charge in [0.15, 0.2) is 5.82 Å². The molecule has 0 saturated carbocycles. The summed E-state index contributed by atoms with van der Waals surface area (Å²) in [4.78, 5) is 30.8. The van der Waals surface area contributed by atoms with Crippen LogP contribution >= 0.6 is 0 Å². The van der Waals surface area contributed by atoms with Crippen LogP contribution in [-0.2, 0) is 7.05 Å². The Balaban J connectivity index is 2.68. The Hall–Kier alpha value is -2.18. The van der Waals surface area contributed by atoms with E-state index >= 15 is 0 Å². The van der Waals surface area contributed by atoms with Gasteiger partial charge in [0.25, 0.3) is 5.56 Å². The fourth-order valence-corrected chi connectivity index (χ4v) is 1.34. The molecule has 78 valence electrons. The van der Waals surface area contributed by atoms with E-state index in [0.717, 1.165) is 0 Å². The normalized spacial score (nSPS) is 10.5. The van der Waals surface area contributed by atoms with Gasteiger partial charge in [-0.2, -0.15) is 5.10 Å². The van der Waals surface area contributed by atoms with Crippen LogP contribution in [0.15, 0.2) is 15.7 Å². The zero-order valence-electron chi connectivity index (χ0n) is 8.24. The largest absolute Gasteiger partial charge is 0.326 e. The lowest BCUT2D eigenvalue weighted by atomic mass is 10.4. The van der Waals surface area contributed by atoms with E-state index in [9.17, 15) is 9.59 Å². The third-order valence-corrected chi connectivity index (χ3v) is 1.87. The summed E-state index contributed by atoms with van der Waals surface area (Å²) in [6, 6.07) is 1.27. The maximum absolute atomic E-state index is 11.1. The van der Waals surface area contributed by atoms with E-state index in [0.29, 0.717) is 17.3 Å². The monoisotopic (exact) mass is 207 g/mol. The quantitative estimate of drug-likeness (QED) is 0.637. The molecule has 2 rings (SSSR count). The SMILES string of the molecule is Cc1nc(-c2cc(=O)[nH]c(=O)[nH]2)n(C)n1. The summed E-state index contributed by atoms with van der Waals surface area (Å²) in [5.74, 6) is 1.03. The fraction of sp³-hybridized carbons (Fsp3) is 0.250. The molecule has 0 amide bonds. The van der Waals surface area contributed by atoms with Crippen molar-refractivity contribution in [3.05, 3.63) is 32.7 Å². The van der Waals surface area contributed by atoms with E-state index in [1.54, 1.807) is 14.0 Å². The van der Waals surface area contributed by atoms with Gasteiger partial charge in [-0.3, -0.25) is 9.78 Å². The molecule has 0 radical (unpaired) electrons. The first-order chi connectivity index (χ1) is 7.06. The van der Waals surface area contributed by atoms with E-state index < -0.39 is 11.2 Å². The Kier molecular flexibility index (Phi) is 2.00. The minimum Gasteiger partial charge on any atom is -0.304 e. The minimum absolute atomic E-state index is 0.354. The molecule has 0 unspecified atom stereocenters. The number of hydrogen-bond donors (Lipinski definition) is 2. The first kappa shape index (κ1) is 9.38. The van der Waals surface area contributed by atoms with Gasteiger partial charge in [-0.05, 0) is 6.92 Å². The van der Waals surface area contributed by atoms with Gasteiger partial charge in [-0.1, -0.05) is 0 Å². The summed E-state index contributed by atoms with van der Waals surface area (Å²) in [7, 11) is 1.69. The standard InChI is InChI=1S/C8H9N5O2/c1-4-9-7(13(2)12-4)5-3-6(14)11-8(15)10-5/h3H,1-2H3,(H2,10,11,14,15). The Morgan fingerprint density at radius 1 is 1.33 bits per heavy atom. The maximum Gasteiger partial charge on any atom is 0.326 e. The van der Waals surface area contributed by atoms with E-state index in [2.05, 4.69) is 20.1 Å². The van der Waals surface area contributed by atoms with Crippen LogP contribution in [-0.4, -0.2) is 24.7 Å². The van der Waals surface area contributed by atoms with Crippen molar-refractivity contribution in [2.75, 3.05) is 0 Å². The summed E-state index contributed by atoms with van der Waals surface area (Å²) in [5, 5.41) is 4.02. The first-order valence-electron chi connectivity index (χ1n) is 4.28. The number of nitrogens with zero attached hydrogens (tertiary/aromatic N) is 3. The highest BCUT2D eigenvalue weighted by atomic mass is 16.2. The average molecular weight is 207 g/mol. The Morgan fingerprint density at radius 2 is 2.07 bits per heavy atom. The van der Waals surface area contributed by atoms with Crippen LogP contribution in [0.2, 0.25) is 0 Å². The highest BCUT2D eigenvalue weighted by molar-refractivity contribution is 5.47. The van der Waals surface area contributed by atoms with Crippen molar-refractivity contribution in [2.45, 2.75) is 6.92 Å². The molecule has 0 spiro atoms. The van der Waals surface area contributed by atoms with Gasteiger partial charge in [0, 0.05) is 13.1 Å². The smallest absolute Gasteiger partial charge is 0.304 e. The van der Waals surface area contributed by atoms with Crippen molar-refractivity contribution in [2.24, 2.45) is 7.05 Å². The Morgan fingerprint density at radius 3 is 2.60 bits per heavy atom. The number of rotatable bonds is 1. The molecule has 0 aliphatic rings. The van der Waals surface area contributed by atoms with E-state index in [-0.39, 0.29) is 0 Å². The van der Waals surface area contributed by atoms with Crippen LogP contribution in [0.25, 0.3) is 11.5 Å². The van der Waals surface area contributed by atoms with E-state index in [1.165, 1.54) is 10.7 Å². The van der Waals surface area contributed by atoms with Gasteiger partial charge in [0.2, 0.25) is 0 Å². The zero-order chi connectivity index (χ0) is 11.0. The molecule has 15 heavy (non-hydrogen) atoms. The summed E-state index contributed by atoms with van der Waals surface area (Å²) < 4.78 is 1.50. The number of aryl methyl sites for hydroxylation is 2. The average Bonchev–Trinajstić information content (AvgIpc) is 2.43. The van der Waals surface area contributed by atoms with Crippen molar-refractivity contribution in [3.8, 4) is 11.5 Å². The van der Waals surface area contributed by atoms with Crippen LogP contribution in [0.4, 0.5) is 0 Å². The number of aromatic amines is 2. The second-order valence-electron chi connectivity index (χ2n) is 3.11. The molecule has 0 aromatic carbocycles. The minimum atomic E-state index is -0.557. The lowest BCUT2D eigenvalue weighted by molar-refractivity contribution is 0.760. The number of H-pyrrole nitrogens is 2. The van der Waals surface area contributed by atoms with Crippen molar-refractivity contribution in [1.82, 2.24) is 24.7 Å². The van der Waals surface area contributed by atoms with Gasteiger partial charge in [-0.15, -0.1) is 0 Å². The summed E-state index contributed by atoms with van der Waals surface area (Å²) >= 11 is 0. The molecule has 2 aromatic heterocycles. The van der Waals surface area contributed by atoms with E-state index in [4.69, 9.17) is 0 Å². The van der Waals surface area contributed by atoms with Crippen LogP contribution in [0.1, 0.15) is 5.82 Å². The van der Waals surface area contributed by atoms with Crippen LogP contribution in [0.3, 0.4) is 0 Å². The lowest BCUT2D eigenvalue weighted by Crippen LogP contribution is -2.22. The van der Waals surface area contributed by atoms with Gasteiger partial charge >= 0.3 is 5.69 Å². The molecular formula is C8H9N5O2. The molecule has 0 bridgehead atoms. The van der Waals surface area contributed by atoms with Crippen LogP contribution in [0, 0.1) is 6.92 Å². The summed E-state index contributed by atoms with van der Waals surface area (Å²) in [5.41, 5.74) is -0.667. The van der Waals surface area contributed by atoms with E-state index in [1.807, 2.05) is 0 Å². The van der Waals surface area contributed by atoms with Gasteiger partial charge in [0.1, 0.15) is 5.82 Å². The van der Waals surface area contributed by atoms with Crippen LogP contribution in [0.5, 0.6) is 0 Å².